The number of nitrogen functional groups attached to an aromatic ring is 1. The Morgan fingerprint density at radius 2 is 2.11 bits per heavy atom. The van der Waals surface area contributed by atoms with E-state index in [1.54, 1.807) is 6.20 Å². The van der Waals surface area contributed by atoms with Gasteiger partial charge in [-0.1, -0.05) is 6.07 Å². The van der Waals surface area contributed by atoms with Gasteiger partial charge in [-0.25, -0.2) is 9.97 Å². The third-order valence-electron chi connectivity index (χ3n) is 2.82. The van der Waals surface area contributed by atoms with Gasteiger partial charge in [-0.3, -0.25) is 0 Å². The molecule has 0 radical (unpaired) electrons. The van der Waals surface area contributed by atoms with E-state index < -0.39 is 0 Å². The van der Waals surface area contributed by atoms with Gasteiger partial charge in [0.1, 0.15) is 5.82 Å². The van der Waals surface area contributed by atoms with Gasteiger partial charge in [0.05, 0.1) is 5.52 Å². The molecule has 90 valence electrons. The second kappa shape index (κ2) is 4.10. The normalized spacial score (nSPS) is 11.0. The molecule has 0 bridgehead atoms. The van der Waals surface area contributed by atoms with E-state index in [-0.39, 0.29) is 0 Å². The maximum absolute atomic E-state index is 5.82. The standard InChI is InChI=1S/C13H11BrN4/c1-7-2-3-9(15)5-10(7)12-17-11-4-8(14)6-16-13(11)18-12/h2-6H,15H2,1H3,(H,16,17,18). The lowest BCUT2D eigenvalue weighted by atomic mass is 10.1. The first-order valence-electron chi connectivity index (χ1n) is 5.51. The van der Waals surface area contributed by atoms with Crippen LogP contribution < -0.4 is 5.73 Å². The molecule has 5 heteroatoms. The highest BCUT2D eigenvalue weighted by atomic mass is 79.9. The fourth-order valence-electron chi connectivity index (χ4n) is 1.90. The van der Waals surface area contributed by atoms with Gasteiger partial charge in [0.15, 0.2) is 5.65 Å². The number of fused-ring (bicyclic) bond motifs is 1. The summed E-state index contributed by atoms with van der Waals surface area (Å²) in [6.45, 7) is 2.03. The van der Waals surface area contributed by atoms with E-state index in [0.717, 1.165) is 32.6 Å². The lowest BCUT2D eigenvalue weighted by Crippen LogP contribution is -1.90. The summed E-state index contributed by atoms with van der Waals surface area (Å²) in [6.07, 6.45) is 1.74. The summed E-state index contributed by atoms with van der Waals surface area (Å²) in [6, 6.07) is 7.75. The van der Waals surface area contributed by atoms with Crippen molar-refractivity contribution in [2.45, 2.75) is 6.92 Å². The molecule has 4 nitrogen and oxygen atoms in total. The van der Waals surface area contributed by atoms with E-state index in [2.05, 4.69) is 30.9 Å². The number of benzene rings is 1. The molecule has 3 rings (SSSR count). The number of nitrogens with two attached hydrogens (primary N) is 1. The zero-order chi connectivity index (χ0) is 12.7. The fourth-order valence-corrected chi connectivity index (χ4v) is 2.23. The first kappa shape index (κ1) is 11.2. The molecule has 3 aromatic rings. The minimum Gasteiger partial charge on any atom is -0.399 e. The zero-order valence-electron chi connectivity index (χ0n) is 9.74. The molecule has 0 saturated carbocycles. The number of imidazole rings is 1. The molecule has 18 heavy (non-hydrogen) atoms. The Bertz CT molecular complexity index is 733. The third kappa shape index (κ3) is 1.86. The maximum atomic E-state index is 5.82. The van der Waals surface area contributed by atoms with Gasteiger partial charge in [0, 0.05) is 21.9 Å². The quantitative estimate of drug-likeness (QED) is 0.678. The van der Waals surface area contributed by atoms with Crippen LogP contribution in [0.5, 0.6) is 0 Å². The van der Waals surface area contributed by atoms with E-state index in [1.165, 1.54) is 0 Å². The highest BCUT2D eigenvalue weighted by Gasteiger charge is 2.09. The number of H-pyrrole nitrogens is 1. The number of aromatic amines is 1. The van der Waals surface area contributed by atoms with Crippen LogP contribution in [-0.4, -0.2) is 15.0 Å². The number of anilines is 1. The topological polar surface area (TPSA) is 67.6 Å². The molecule has 0 fully saturated rings. The van der Waals surface area contributed by atoms with E-state index >= 15 is 0 Å². The largest absolute Gasteiger partial charge is 0.399 e. The average Bonchev–Trinajstić information content (AvgIpc) is 2.74. The summed E-state index contributed by atoms with van der Waals surface area (Å²) in [5.74, 6) is 0.792. The molecule has 0 saturated heterocycles. The molecule has 0 aliphatic carbocycles. The van der Waals surface area contributed by atoms with Gasteiger partial charge in [-0.05, 0) is 46.6 Å². The van der Waals surface area contributed by atoms with Crippen molar-refractivity contribution >= 4 is 32.8 Å². The molecular weight excluding hydrogens is 292 g/mol. The molecule has 0 spiro atoms. The maximum Gasteiger partial charge on any atom is 0.178 e. The van der Waals surface area contributed by atoms with Crippen molar-refractivity contribution < 1.29 is 0 Å². The number of aromatic nitrogens is 3. The van der Waals surface area contributed by atoms with Crippen molar-refractivity contribution in [3.05, 3.63) is 40.5 Å². The second-order valence-electron chi connectivity index (χ2n) is 4.18. The van der Waals surface area contributed by atoms with Crippen LogP contribution in [0.3, 0.4) is 0 Å². The van der Waals surface area contributed by atoms with Crippen molar-refractivity contribution in [3.8, 4) is 11.4 Å². The number of aryl methyl sites for hydroxylation is 1. The molecule has 0 aliphatic heterocycles. The van der Waals surface area contributed by atoms with E-state index in [9.17, 15) is 0 Å². The Labute approximate surface area is 112 Å². The minimum absolute atomic E-state index is 0.704. The zero-order valence-corrected chi connectivity index (χ0v) is 11.3. The van der Waals surface area contributed by atoms with Gasteiger partial charge >= 0.3 is 0 Å². The van der Waals surface area contributed by atoms with Gasteiger partial charge in [0.2, 0.25) is 0 Å². The van der Waals surface area contributed by atoms with Gasteiger partial charge < -0.3 is 10.7 Å². The Kier molecular flexibility index (Phi) is 2.56. The van der Waals surface area contributed by atoms with Crippen LogP contribution in [0, 0.1) is 6.92 Å². The van der Waals surface area contributed by atoms with Crippen molar-refractivity contribution in [2.75, 3.05) is 5.73 Å². The second-order valence-corrected chi connectivity index (χ2v) is 5.10. The molecule has 0 amide bonds. The molecule has 2 aromatic heterocycles. The molecule has 2 heterocycles. The summed E-state index contributed by atoms with van der Waals surface area (Å²) in [4.78, 5) is 12.0. The minimum atomic E-state index is 0.704. The van der Waals surface area contributed by atoms with Crippen LogP contribution in [0.4, 0.5) is 5.69 Å². The average molecular weight is 303 g/mol. The predicted octanol–water partition coefficient (Wildman–Crippen LogP) is 3.28. The Balaban J connectivity index is 2.22. The smallest absolute Gasteiger partial charge is 0.178 e. The highest BCUT2D eigenvalue weighted by molar-refractivity contribution is 9.10. The fraction of sp³-hybridized carbons (Fsp3) is 0.0769. The number of nitrogens with zero attached hydrogens (tertiary/aromatic N) is 2. The van der Waals surface area contributed by atoms with Crippen LogP contribution in [-0.2, 0) is 0 Å². The van der Waals surface area contributed by atoms with Crippen LogP contribution in [0.15, 0.2) is 34.9 Å². The van der Waals surface area contributed by atoms with E-state index in [4.69, 9.17) is 5.73 Å². The number of rotatable bonds is 1. The number of pyridine rings is 1. The third-order valence-corrected chi connectivity index (χ3v) is 3.25. The van der Waals surface area contributed by atoms with E-state index in [0.29, 0.717) is 5.65 Å². The van der Waals surface area contributed by atoms with Gasteiger partial charge in [-0.15, -0.1) is 0 Å². The van der Waals surface area contributed by atoms with Crippen molar-refractivity contribution in [3.63, 3.8) is 0 Å². The van der Waals surface area contributed by atoms with Crippen LogP contribution in [0.1, 0.15) is 5.56 Å². The molecule has 0 atom stereocenters. The van der Waals surface area contributed by atoms with Gasteiger partial charge in [0.25, 0.3) is 0 Å². The lowest BCUT2D eigenvalue weighted by Gasteiger charge is -2.03. The summed E-state index contributed by atoms with van der Waals surface area (Å²) < 4.78 is 0.925. The molecule has 3 N–H and O–H groups in total. The van der Waals surface area contributed by atoms with Crippen molar-refractivity contribution in [1.29, 1.82) is 0 Å². The number of halogens is 1. The molecule has 0 aliphatic rings. The van der Waals surface area contributed by atoms with Crippen LogP contribution in [0.25, 0.3) is 22.6 Å². The summed E-state index contributed by atoms with van der Waals surface area (Å²) in [5, 5.41) is 0. The van der Waals surface area contributed by atoms with Crippen molar-refractivity contribution in [1.82, 2.24) is 15.0 Å². The number of hydrogen-bond acceptors (Lipinski definition) is 3. The van der Waals surface area contributed by atoms with Gasteiger partial charge in [-0.2, -0.15) is 0 Å². The number of nitrogens with one attached hydrogen (secondary N) is 1. The number of hydrogen-bond donors (Lipinski definition) is 2. The van der Waals surface area contributed by atoms with Crippen molar-refractivity contribution in [2.24, 2.45) is 0 Å². The first-order chi connectivity index (χ1) is 8.63. The Morgan fingerprint density at radius 1 is 1.28 bits per heavy atom. The summed E-state index contributed by atoms with van der Waals surface area (Å²) in [5.41, 5.74) is 10.3. The van der Waals surface area contributed by atoms with Crippen LogP contribution in [0.2, 0.25) is 0 Å². The molecule has 1 aromatic carbocycles. The monoisotopic (exact) mass is 302 g/mol. The lowest BCUT2D eigenvalue weighted by molar-refractivity contribution is 1.28. The first-order valence-corrected chi connectivity index (χ1v) is 6.30. The Morgan fingerprint density at radius 3 is 2.94 bits per heavy atom. The highest BCUT2D eigenvalue weighted by Crippen LogP contribution is 2.25. The Hall–Kier alpha value is -1.88. The predicted molar refractivity (Wildman–Crippen MR) is 76.2 cm³/mol. The molecule has 0 unspecified atom stereocenters. The van der Waals surface area contributed by atoms with E-state index in [1.807, 2.05) is 31.2 Å². The SMILES string of the molecule is Cc1ccc(N)cc1-c1nc2ncc(Br)cc2[nH]1. The summed E-state index contributed by atoms with van der Waals surface area (Å²) >= 11 is 3.39. The summed E-state index contributed by atoms with van der Waals surface area (Å²) in [7, 11) is 0. The molecular formula is C13H11BrN4. The van der Waals surface area contributed by atoms with Crippen LogP contribution >= 0.6 is 15.9 Å².